The molecule has 0 amide bonds. The average Bonchev–Trinajstić information content (AvgIpc) is 3.04. The standard InChI is InChI=1S/C36H37N3O/c1-2-4-32-25(3-1)5-11-33(36(32)39-19-21-40-22-20-39)27-6-10-30-26(23-27)7-12-35-31-14-9-29(38-17-15-37-16-18-38)24-28(31)8-13-34(30)35/h1-5,7-9,11-14,24,27,37H,6,10,15-23H2. The zero-order valence-electron chi connectivity index (χ0n) is 23.2. The van der Waals surface area contributed by atoms with Crippen LogP contribution in [0.2, 0.25) is 0 Å². The van der Waals surface area contributed by atoms with Gasteiger partial charge in [0.2, 0.25) is 0 Å². The molecule has 0 radical (unpaired) electrons. The van der Waals surface area contributed by atoms with Gasteiger partial charge in [0, 0.05) is 56.0 Å². The normalized spacial score (nSPS) is 19.9. The second kappa shape index (κ2) is 10.1. The molecule has 40 heavy (non-hydrogen) atoms. The van der Waals surface area contributed by atoms with Gasteiger partial charge in [-0.2, -0.15) is 0 Å². The number of fused-ring (bicyclic) bond motifs is 6. The highest BCUT2D eigenvalue weighted by atomic mass is 16.5. The summed E-state index contributed by atoms with van der Waals surface area (Å²) in [5, 5.41) is 11.8. The summed E-state index contributed by atoms with van der Waals surface area (Å²) in [5.41, 5.74) is 7.41. The van der Waals surface area contributed by atoms with E-state index in [1.807, 2.05) is 0 Å². The minimum Gasteiger partial charge on any atom is -0.378 e. The minimum atomic E-state index is 0.537. The highest BCUT2D eigenvalue weighted by Crippen LogP contribution is 2.43. The molecule has 1 aliphatic carbocycles. The summed E-state index contributed by atoms with van der Waals surface area (Å²) >= 11 is 0. The molecular formula is C36H37N3O. The van der Waals surface area contributed by atoms with Gasteiger partial charge in [-0.1, -0.05) is 66.7 Å². The zero-order valence-corrected chi connectivity index (χ0v) is 23.2. The second-order valence-corrected chi connectivity index (χ2v) is 11.8. The van der Waals surface area contributed by atoms with E-state index >= 15 is 0 Å². The Morgan fingerprint density at radius 2 is 1.48 bits per heavy atom. The maximum absolute atomic E-state index is 5.73. The largest absolute Gasteiger partial charge is 0.378 e. The van der Waals surface area contributed by atoms with E-state index in [0.717, 1.165) is 65.3 Å². The van der Waals surface area contributed by atoms with E-state index in [2.05, 4.69) is 94.0 Å². The van der Waals surface area contributed by atoms with Gasteiger partial charge in [-0.3, -0.25) is 0 Å². The molecule has 2 heterocycles. The molecule has 2 aliphatic heterocycles. The Morgan fingerprint density at radius 3 is 2.38 bits per heavy atom. The van der Waals surface area contributed by atoms with Crippen LogP contribution in [0.5, 0.6) is 0 Å². The van der Waals surface area contributed by atoms with Gasteiger partial charge in [-0.15, -0.1) is 0 Å². The van der Waals surface area contributed by atoms with E-state index in [9.17, 15) is 0 Å². The second-order valence-electron chi connectivity index (χ2n) is 11.8. The molecule has 0 saturated carbocycles. The van der Waals surface area contributed by atoms with Crippen molar-refractivity contribution in [3.8, 4) is 0 Å². The minimum absolute atomic E-state index is 0.537. The fraction of sp³-hybridized carbons (Fsp3) is 0.333. The fourth-order valence-electron chi connectivity index (χ4n) is 7.54. The third kappa shape index (κ3) is 4.13. The van der Waals surface area contributed by atoms with Crippen molar-refractivity contribution in [2.45, 2.75) is 25.2 Å². The van der Waals surface area contributed by atoms with E-state index in [-0.39, 0.29) is 0 Å². The topological polar surface area (TPSA) is 27.7 Å². The lowest BCUT2D eigenvalue weighted by Gasteiger charge is -2.35. The molecular weight excluding hydrogens is 490 g/mol. The lowest BCUT2D eigenvalue weighted by molar-refractivity contribution is 0.122. The summed E-state index contributed by atoms with van der Waals surface area (Å²) in [4.78, 5) is 5.09. The van der Waals surface area contributed by atoms with Gasteiger partial charge in [-0.05, 0) is 80.9 Å². The number of hydrogen-bond acceptors (Lipinski definition) is 4. The number of ether oxygens (including phenoxy) is 1. The number of anilines is 2. The number of rotatable bonds is 3. The van der Waals surface area contributed by atoms with Crippen LogP contribution in [0.3, 0.4) is 0 Å². The summed E-state index contributed by atoms with van der Waals surface area (Å²) in [5.74, 6) is 0.537. The fourth-order valence-corrected chi connectivity index (χ4v) is 7.54. The van der Waals surface area contributed by atoms with E-state index < -0.39 is 0 Å². The highest BCUT2D eigenvalue weighted by molar-refractivity contribution is 6.09. The molecule has 0 bridgehead atoms. The Labute approximate surface area is 236 Å². The molecule has 202 valence electrons. The Hall–Kier alpha value is -3.60. The van der Waals surface area contributed by atoms with Gasteiger partial charge in [0.25, 0.3) is 0 Å². The summed E-state index contributed by atoms with van der Waals surface area (Å²) in [6.45, 7) is 7.86. The van der Waals surface area contributed by atoms with Crippen LogP contribution in [0.4, 0.5) is 11.4 Å². The van der Waals surface area contributed by atoms with Crippen LogP contribution < -0.4 is 15.1 Å². The molecule has 2 fully saturated rings. The number of piperazine rings is 1. The molecule has 2 saturated heterocycles. The van der Waals surface area contributed by atoms with Crippen molar-refractivity contribution in [2.24, 2.45) is 0 Å². The lowest BCUT2D eigenvalue weighted by atomic mass is 9.77. The van der Waals surface area contributed by atoms with Gasteiger partial charge in [0.15, 0.2) is 0 Å². The smallest absolute Gasteiger partial charge is 0.0642 e. The molecule has 3 aliphatic rings. The molecule has 1 unspecified atom stereocenters. The third-order valence-electron chi connectivity index (χ3n) is 9.60. The predicted octanol–water partition coefficient (Wildman–Crippen LogP) is 6.66. The first-order valence-electron chi connectivity index (χ1n) is 15.1. The van der Waals surface area contributed by atoms with Crippen molar-refractivity contribution >= 4 is 43.7 Å². The van der Waals surface area contributed by atoms with E-state index in [1.165, 1.54) is 61.2 Å². The van der Waals surface area contributed by atoms with Gasteiger partial charge in [-0.25, -0.2) is 0 Å². The first-order chi connectivity index (χ1) is 19.8. The number of hydrogen-bond donors (Lipinski definition) is 1. The van der Waals surface area contributed by atoms with Gasteiger partial charge in [0.1, 0.15) is 0 Å². The van der Waals surface area contributed by atoms with Crippen LogP contribution in [0.15, 0.2) is 78.9 Å². The van der Waals surface area contributed by atoms with Crippen molar-refractivity contribution in [1.29, 1.82) is 0 Å². The summed E-state index contributed by atoms with van der Waals surface area (Å²) in [7, 11) is 0. The maximum atomic E-state index is 5.73. The van der Waals surface area contributed by atoms with Crippen LogP contribution in [0.1, 0.15) is 29.0 Å². The average molecular weight is 528 g/mol. The van der Waals surface area contributed by atoms with Crippen LogP contribution >= 0.6 is 0 Å². The van der Waals surface area contributed by atoms with Gasteiger partial charge >= 0.3 is 0 Å². The van der Waals surface area contributed by atoms with Crippen LogP contribution in [0, 0.1) is 0 Å². The molecule has 8 rings (SSSR count). The number of aryl methyl sites for hydroxylation is 1. The van der Waals surface area contributed by atoms with E-state index in [1.54, 1.807) is 5.56 Å². The first kappa shape index (κ1) is 24.2. The molecule has 4 heteroatoms. The Kier molecular flexibility index (Phi) is 6.12. The number of nitrogens with one attached hydrogen (secondary N) is 1. The number of nitrogens with zero attached hydrogens (tertiary/aromatic N) is 2. The van der Waals surface area contributed by atoms with Gasteiger partial charge < -0.3 is 19.9 Å². The maximum Gasteiger partial charge on any atom is 0.0642 e. The first-order valence-corrected chi connectivity index (χ1v) is 15.1. The summed E-state index contributed by atoms with van der Waals surface area (Å²) in [6, 6.07) is 30.3. The molecule has 1 atom stereocenters. The van der Waals surface area contributed by atoms with Crippen LogP contribution in [-0.2, 0) is 17.6 Å². The molecule has 4 nitrogen and oxygen atoms in total. The SMILES string of the molecule is c1ccc2c(N3CCOCC3)c(C3CCc4c(ccc5c4ccc4cc(N6CCNCC6)ccc45)C3)ccc2c1. The molecule has 5 aromatic rings. The Bertz CT molecular complexity index is 1710. The molecule has 5 aromatic carbocycles. The summed E-state index contributed by atoms with van der Waals surface area (Å²) in [6.07, 6.45) is 3.44. The van der Waals surface area contributed by atoms with Crippen molar-refractivity contribution in [1.82, 2.24) is 5.32 Å². The molecule has 0 spiro atoms. The summed E-state index contributed by atoms with van der Waals surface area (Å²) < 4.78 is 5.73. The van der Waals surface area contributed by atoms with Gasteiger partial charge in [0.05, 0.1) is 13.2 Å². The van der Waals surface area contributed by atoms with Crippen molar-refractivity contribution < 1.29 is 4.74 Å². The number of morpholine rings is 1. The van der Waals surface area contributed by atoms with E-state index in [4.69, 9.17) is 4.74 Å². The van der Waals surface area contributed by atoms with Crippen LogP contribution in [0.25, 0.3) is 32.3 Å². The Balaban J connectivity index is 1.16. The molecule has 1 N–H and O–H groups in total. The lowest BCUT2D eigenvalue weighted by Crippen LogP contribution is -2.43. The third-order valence-corrected chi connectivity index (χ3v) is 9.60. The van der Waals surface area contributed by atoms with E-state index in [0.29, 0.717) is 5.92 Å². The quantitative estimate of drug-likeness (QED) is 0.266. The zero-order chi connectivity index (χ0) is 26.5. The van der Waals surface area contributed by atoms with Crippen molar-refractivity contribution in [3.05, 3.63) is 95.6 Å². The highest BCUT2D eigenvalue weighted by Gasteiger charge is 2.27. The van der Waals surface area contributed by atoms with Crippen molar-refractivity contribution in [3.63, 3.8) is 0 Å². The van der Waals surface area contributed by atoms with Crippen LogP contribution in [-0.4, -0.2) is 52.5 Å². The van der Waals surface area contributed by atoms with Crippen molar-refractivity contribution in [2.75, 3.05) is 62.3 Å². The predicted molar refractivity (Wildman–Crippen MR) is 168 cm³/mol. The molecule has 0 aromatic heterocycles. The number of benzene rings is 5. The monoisotopic (exact) mass is 527 g/mol. The Morgan fingerprint density at radius 1 is 0.675 bits per heavy atom.